The number of guanidine groups is 1. The van der Waals surface area contributed by atoms with Crippen LogP contribution in [0.3, 0.4) is 0 Å². The first-order valence-electron chi connectivity index (χ1n) is 8.45. The molecule has 1 atom stereocenters. The van der Waals surface area contributed by atoms with Crippen LogP contribution in [0.4, 0.5) is 5.69 Å². The Morgan fingerprint density at radius 1 is 1.22 bits per heavy atom. The Morgan fingerprint density at radius 2 is 2.00 bits per heavy atom. The van der Waals surface area contributed by atoms with Crippen molar-refractivity contribution in [2.45, 2.75) is 20.0 Å². The van der Waals surface area contributed by atoms with Crippen molar-refractivity contribution in [2.24, 2.45) is 4.99 Å². The van der Waals surface area contributed by atoms with E-state index in [0.717, 1.165) is 11.3 Å². The Morgan fingerprint density at radius 3 is 2.67 bits per heavy atom. The van der Waals surface area contributed by atoms with Crippen molar-refractivity contribution in [1.29, 1.82) is 0 Å². The molecule has 1 aromatic heterocycles. The zero-order valence-electron chi connectivity index (χ0n) is 15.7. The minimum Gasteiger partial charge on any atom is -0.489 e. The number of nitrogens with one attached hydrogen (secondary N) is 3. The number of hydrogen-bond acceptors (Lipinski definition) is 4. The van der Waals surface area contributed by atoms with Crippen LogP contribution in [0.5, 0.6) is 5.75 Å². The smallest absolute Gasteiger partial charge is 0.243 e. The maximum atomic E-state index is 11.9. The highest BCUT2D eigenvalue weighted by atomic mass is 127. The number of benzene rings is 1. The van der Waals surface area contributed by atoms with Gasteiger partial charge in [0.1, 0.15) is 11.9 Å². The Kier molecular flexibility index (Phi) is 10.2. The molecule has 8 heteroatoms. The quantitative estimate of drug-likeness (QED) is 0.320. The maximum absolute atomic E-state index is 11.9. The van der Waals surface area contributed by atoms with Crippen molar-refractivity contribution in [2.75, 3.05) is 25.5 Å². The van der Waals surface area contributed by atoms with E-state index >= 15 is 0 Å². The molecule has 1 heterocycles. The van der Waals surface area contributed by atoms with E-state index in [4.69, 9.17) is 4.74 Å². The number of carbonyl (C=O) groups excluding carboxylic acids is 1. The normalized spacial score (nSPS) is 11.7. The molecule has 0 aliphatic rings. The summed E-state index contributed by atoms with van der Waals surface area (Å²) in [5, 5.41) is 8.87. The number of aliphatic imine (C=N–C) groups is 1. The number of nitrogens with zero attached hydrogens (tertiary/aromatic N) is 2. The van der Waals surface area contributed by atoms with Crippen molar-refractivity contribution < 1.29 is 9.53 Å². The van der Waals surface area contributed by atoms with Crippen LogP contribution >= 0.6 is 24.0 Å². The van der Waals surface area contributed by atoms with E-state index in [1.165, 1.54) is 0 Å². The third-order valence-corrected chi connectivity index (χ3v) is 3.56. The van der Waals surface area contributed by atoms with Crippen LogP contribution < -0.4 is 20.7 Å². The topological polar surface area (TPSA) is 87.6 Å². The van der Waals surface area contributed by atoms with Gasteiger partial charge < -0.3 is 20.7 Å². The van der Waals surface area contributed by atoms with Gasteiger partial charge in [0.15, 0.2) is 5.96 Å². The summed E-state index contributed by atoms with van der Waals surface area (Å²) in [6.07, 6.45) is 3.19. The number of halogens is 1. The first kappa shape index (κ1) is 22.7. The first-order valence-corrected chi connectivity index (χ1v) is 8.45. The van der Waals surface area contributed by atoms with Gasteiger partial charge in [-0.1, -0.05) is 18.2 Å². The molecule has 1 amide bonds. The second-order valence-electron chi connectivity index (χ2n) is 5.79. The first-order chi connectivity index (χ1) is 12.6. The number of hydrogen-bond donors (Lipinski definition) is 3. The molecule has 0 aliphatic carbocycles. The van der Waals surface area contributed by atoms with E-state index in [9.17, 15) is 4.79 Å². The van der Waals surface area contributed by atoms with E-state index in [1.807, 2.05) is 38.1 Å². The molecule has 27 heavy (non-hydrogen) atoms. The Balaban J connectivity index is 0.00000364. The lowest BCUT2D eigenvalue weighted by atomic mass is 10.2. The number of pyridine rings is 1. The summed E-state index contributed by atoms with van der Waals surface area (Å²) in [5.74, 6) is 1.22. The van der Waals surface area contributed by atoms with Gasteiger partial charge in [-0.3, -0.25) is 14.8 Å². The van der Waals surface area contributed by atoms with E-state index in [0.29, 0.717) is 18.2 Å². The minimum absolute atomic E-state index is 0. The van der Waals surface area contributed by atoms with Gasteiger partial charge in [0.05, 0.1) is 25.0 Å². The molecule has 0 saturated carbocycles. The van der Waals surface area contributed by atoms with Crippen LogP contribution in [0.1, 0.15) is 12.5 Å². The van der Waals surface area contributed by atoms with Crippen molar-refractivity contribution in [3.63, 3.8) is 0 Å². The Hall–Kier alpha value is -2.36. The molecule has 0 aliphatic heterocycles. The number of aromatic nitrogens is 1. The van der Waals surface area contributed by atoms with Gasteiger partial charge in [-0.2, -0.15) is 0 Å². The van der Waals surface area contributed by atoms with Gasteiger partial charge >= 0.3 is 0 Å². The molecule has 146 valence electrons. The van der Waals surface area contributed by atoms with Crippen molar-refractivity contribution in [1.82, 2.24) is 15.6 Å². The molecule has 7 nitrogen and oxygen atoms in total. The summed E-state index contributed by atoms with van der Waals surface area (Å²) in [6.45, 7) is 4.64. The van der Waals surface area contributed by atoms with Crippen molar-refractivity contribution in [3.05, 3.63) is 54.4 Å². The number of rotatable bonds is 7. The van der Waals surface area contributed by atoms with Crippen molar-refractivity contribution in [3.8, 4) is 5.75 Å². The lowest BCUT2D eigenvalue weighted by Gasteiger charge is -2.18. The third kappa shape index (κ3) is 8.25. The maximum Gasteiger partial charge on any atom is 0.243 e. The summed E-state index contributed by atoms with van der Waals surface area (Å²) in [5.41, 5.74) is 1.75. The standard InChI is InChI=1S/C19H25N5O2.HI/c1-14-7-4-5-9-17(14)26-15(2)11-22-19(20-3)23-13-18(25)24-16-8-6-10-21-12-16;/h4-10,12,15H,11,13H2,1-3H3,(H,24,25)(H2,20,22,23);1H. The van der Waals surface area contributed by atoms with Crippen LogP contribution in [0.15, 0.2) is 53.8 Å². The van der Waals surface area contributed by atoms with E-state index in [-0.39, 0.29) is 42.5 Å². The third-order valence-electron chi connectivity index (χ3n) is 3.56. The minimum atomic E-state index is -0.176. The fourth-order valence-corrected chi connectivity index (χ4v) is 2.21. The Labute approximate surface area is 177 Å². The van der Waals surface area contributed by atoms with Gasteiger partial charge in [0, 0.05) is 13.2 Å². The van der Waals surface area contributed by atoms with Gasteiger partial charge in [-0.15, -0.1) is 24.0 Å². The summed E-state index contributed by atoms with van der Waals surface area (Å²) >= 11 is 0. The second kappa shape index (κ2) is 12.1. The molecule has 2 rings (SSSR count). The number of anilines is 1. The molecule has 0 saturated heterocycles. The summed E-state index contributed by atoms with van der Waals surface area (Å²) in [4.78, 5) is 20.0. The zero-order chi connectivity index (χ0) is 18.8. The highest BCUT2D eigenvalue weighted by molar-refractivity contribution is 14.0. The SMILES string of the molecule is CN=C(NCC(=O)Nc1cccnc1)NCC(C)Oc1ccccc1C.I. The van der Waals surface area contributed by atoms with Gasteiger partial charge in [0.2, 0.25) is 5.91 Å². The van der Waals surface area contributed by atoms with E-state index < -0.39 is 0 Å². The van der Waals surface area contributed by atoms with Crippen LogP contribution in [-0.2, 0) is 4.79 Å². The molecule has 2 aromatic rings. The van der Waals surface area contributed by atoms with E-state index in [2.05, 4.69) is 25.9 Å². The number of ether oxygens (including phenoxy) is 1. The van der Waals surface area contributed by atoms with Crippen LogP contribution in [0.25, 0.3) is 0 Å². The largest absolute Gasteiger partial charge is 0.489 e. The molecule has 1 unspecified atom stereocenters. The van der Waals surface area contributed by atoms with Gasteiger partial charge in [0.25, 0.3) is 0 Å². The lowest BCUT2D eigenvalue weighted by molar-refractivity contribution is -0.115. The molecular formula is C19H26IN5O2. The molecule has 0 fully saturated rings. The molecule has 0 spiro atoms. The summed E-state index contributed by atoms with van der Waals surface area (Å²) in [7, 11) is 1.65. The fourth-order valence-electron chi connectivity index (χ4n) is 2.21. The summed E-state index contributed by atoms with van der Waals surface area (Å²) in [6, 6.07) is 11.4. The van der Waals surface area contributed by atoms with Crippen LogP contribution in [-0.4, -0.2) is 43.1 Å². The average Bonchev–Trinajstić information content (AvgIpc) is 2.64. The van der Waals surface area contributed by atoms with Gasteiger partial charge in [-0.05, 0) is 37.6 Å². The molecule has 3 N–H and O–H groups in total. The second-order valence-corrected chi connectivity index (χ2v) is 5.79. The zero-order valence-corrected chi connectivity index (χ0v) is 18.1. The molecule has 0 radical (unpaired) electrons. The highest BCUT2D eigenvalue weighted by Crippen LogP contribution is 2.17. The number of amides is 1. The van der Waals surface area contributed by atoms with Crippen LogP contribution in [0.2, 0.25) is 0 Å². The predicted molar refractivity (Wildman–Crippen MR) is 119 cm³/mol. The number of carbonyl (C=O) groups is 1. The Bertz CT molecular complexity index is 740. The van der Waals surface area contributed by atoms with Crippen LogP contribution in [0, 0.1) is 6.92 Å². The highest BCUT2D eigenvalue weighted by Gasteiger charge is 2.08. The molecule has 0 bridgehead atoms. The van der Waals surface area contributed by atoms with Gasteiger partial charge in [-0.25, -0.2) is 0 Å². The van der Waals surface area contributed by atoms with Crippen molar-refractivity contribution >= 4 is 41.5 Å². The molecule has 1 aromatic carbocycles. The number of para-hydroxylation sites is 1. The van der Waals surface area contributed by atoms with E-state index in [1.54, 1.807) is 31.6 Å². The summed E-state index contributed by atoms with van der Waals surface area (Å²) < 4.78 is 5.91. The molecular weight excluding hydrogens is 457 g/mol. The average molecular weight is 483 g/mol. The lowest BCUT2D eigenvalue weighted by Crippen LogP contribution is -2.44. The predicted octanol–water partition coefficient (Wildman–Crippen LogP) is 2.58. The fraction of sp³-hybridized carbons (Fsp3) is 0.316. The monoisotopic (exact) mass is 483 g/mol. The number of aryl methyl sites for hydroxylation is 1.